The zero-order chi connectivity index (χ0) is 20.1. The number of rotatable bonds is 6. The van der Waals surface area contributed by atoms with E-state index in [-0.39, 0.29) is 24.3 Å². The van der Waals surface area contributed by atoms with Gasteiger partial charge in [0, 0.05) is 24.6 Å². The predicted octanol–water partition coefficient (Wildman–Crippen LogP) is 4.29. The molecule has 0 fully saturated rings. The molecule has 0 spiro atoms. The van der Waals surface area contributed by atoms with Gasteiger partial charge in [-0.1, -0.05) is 36.4 Å². The number of ether oxygens (including phenoxy) is 1. The fraction of sp³-hybridized carbons (Fsp3) is 0.0870. The Bertz CT molecular complexity index is 1200. The summed E-state index contributed by atoms with van der Waals surface area (Å²) in [6.45, 7) is 0. The van der Waals surface area contributed by atoms with E-state index in [4.69, 9.17) is 4.74 Å². The molecule has 6 heteroatoms. The number of nitrogens with zero attached hydrogens (tertiary/aromatic N) is 1. The van der Waals surface area contributed by atoms with Crippen molar-refractivity contribution in [2.45, 2.75) is 12.8 Å². The van der Waals surface area contributed by atoms with E-state index < -0.39 is 0 Å². The van der Waals surface area contributed by atoms with Crippen LogP contribution in [0, 0.1) is 0 Å². The molecule has 0 saturated heterocycles. The second-order valence-electron chi connectivity index (χ2n) is 6.52. The maximum atomic E-state index is 12.3. The lowest BCUT2D eigenvalue weighted by atomic mass is 10.2. The predicted molar refractivity (Wildman–Crippen MR) is 112 cm³/mol. The van der Waals surface area contributed by atoms with Gasteiger partial charge in [-0.2, -0.15) is 0 Å². The Hall–Kier alpha value is -3.93. The molecule has 6 nitrogen and oxygen atoms in total. The lowest BCUT2D eigenvalue weighted by Crippen LogP contribution is -2.19. The summed E-state index contributed by atoms with van der Waals surface area (Å²) in [6, 6.07) is 23.9. The van der Waals surface area contributed by atoms with Crippen LogP contribution in [0.25, 0.3) is 11.0 Å². The number of aryl methyl sites for hydroxylation is 1. The SMILES string of the molecule is O=C(CCc1nc2ccccc2[nH]c1=O)Nc1cccc(Oc2ccccc2)c1. The van der Waals surface area contributed by atoms with Crippen molar-refractivity contribution in [2.24, 2.45) is 0 Å². The van der Waals surface area contributed by atoms with Gasteiger partial charge in [-0.15, -0.1) is 0 Å². The third kappa shape index (κ3) is 4.68. The minimum Gasteiger partial charge on any atom is -0.457 e. The Kier molecular flexibility index (Phi) is 5.33. The number of para-hydroxylation sites is 3. The normalized spacial score (nSPS) is 10.6. The Morgan fingerprint density at radius 2 is 1.69 bits per heavy atom. The van der Waals surface area contributed by atoms with Crippen molar-refractivity contribution < 1.29 is 9.53 Å². The number of hydrogen-bond donors (Lipinski definition) is 2. The first-order valence-corrected chi connectivity index (χ1v) is 9.28. The molecule has 3 aromatic carbocycles. The fourth-order valence-electron chi connectivity index (χ4n) is 2.95. The van der Waals surface area contributed by atoms with Crippen molar-refractivity contribution in [3.63, 3.8) is 0 Å². The van der Waals surface area contributed by atoms with Gasteiger partial charge in [-0.05, 0) is 36.4 Å². The summed E-state index contributed by atoms with van der Waals surface area (Å²) in [4.78, 5) is 31.7. The molecule has 1 heterocycles. The number of hydrogen-bond acceptors (Lipinski definition) is 4. The van der Waals surface area contributed by atoms with Crippen LogP contribution in [0.5, 0.6) is 11.5 Å². The summed E-state index contributed by atoms with van der Waals surface area (Å²) in [5, 5.41) is 2.84. The highest BCUT2D eigenvalue weighted by atomic mass is 16.5. The average Bonchev–Trinajstić information content (AvgIpc) is 2.73. The molecular formula is C23H19N3O3. The van der Waals surface area contributed by atoms with Crippen LogP contribution in [0.1, 0.15) is 12.1 Å². The third-order valence-electron chi connectivity index (χ3n) is 4.36. The summed E-state index contributed by atoms with van der Waals surface area (Å²) in [5.74, 6) is 1.15. The van der Waals surface area contributed by atoms with Gasteiger partial charge in [0.05, 0.1) is 11.0 Å². The minimum absolute atomic E-state index is 0.151. The maximum Gasteiger partial charge on any atom is 0.270 e. The summed E-state index contributed by atoms with van der Waals surface area (Å²) < 4.78 is 5.78. The first-order valence-electron chi connectivity index (χ1n) is 9.28. The van der Waals surface area contributed by atoms with Gasteiger partial charge in [-0.3, -0.25) is 9.59 Å². The molecule has 2 N–H and O–H groups in total. The molecule has 4 rings (SSSR count). The molecule has 144 valence electrons. The molecule has 0 atom stereocenters. The van der Waals surface area contributed by atoms with Crippen molar-refractivity contribution in [3.8, 4) is 11.5 Å². The summed E-state index contributed by atoms with van der Waals surface area (Å²) in [5.41, 5.74) is 2.09. The van der Waals surface area contributed by atoms with Gasteiger partial charge in [-0.25, -0.2) is 4.98 Å². The molecule has 0 aliphatic carbocycles. The van der Waals surface area contributed by atoms with E-state index in [0.29, 0.717) is 28.2 Å². The second kappa shape index (κ2) is 8.39. The molecule has 0 bridgehead atoms. The molecule has 0 unspecified atom stereocenters. The van der Waals surface area contributed by atoms with Gasteiger partial charge >= 0.3 is 0 Å². The van der Waals surface area contributed by atoms with Crippen LogP contribution in [0.15, 0.2) is 83.7 Å². The number of aromatic nitrogens is 2. The standard InChI is InChI=1S/C23H19N3O3/c27-22(14-13-21-23(28)26-20-12-5-4-11-19(20)25-21)24-16-7-6-10-18(15-16)29-17-8-2-1-3-9-17/h1-12,15H,13-14H2,(H,24,27)(H,26,28). The van der Waals surface area contributed by atoms with Crippen molar-refractivity contribution in [1.82, 2.24) is 9.97 Å². The van der Waals surface area contributed by atoms with Crippen LogP contribution >= 0.6 is 0 Å². The van der Waals surface area contributed by atoms with E-state index >= 15 is 0 Å². The third-order valence-corrected chi connectivity index (χ3v) is 4.36. The van der Waals surface area contributed by atoms with Gasteiger partial charge in [0.25, 0.3) is 5.56 Å². The molecule has 0 radical (unpaired) electrons. The van der Waals surface area contributed by atoms with Gasteiger partial charge < -0.3 is 15.0 Å². The maximum absolute atomic E-state index is 12.3. The molecule has 0 aliphatic heterocycles. The van der Waals surface area contributed by atoms with Crippen molar-refractivity contribution in [2.75, 3.05) is 5.32 Å². The Morgan fingerprint density at radius 1 is 0.931 bits per heavy atom. The number of amides is 1. The molecule has 1 aromatic heterocycles. The molecule has 4 aromatic rings. The summed E-state index contributed by atoms with van der Waals surface area (Å²) in [6.07, 6.45) is 0.407. The minimum atomic E-state index is -0.269. The van der Waals surface area contributed by atoms with Crippen LogP contribution in [-0.4, -0.2) is 15.9 Å². The van der Waals surface area contributed by atoms with Crippen LogP contribution in [0.3, 0.4) is 0 Å². The van der Waals surface area contributed by atoms with E-state index in [2.05, 4.69) is 15.3 Å². The number of aromatic amines is 1. The second-order valence-corrected chi connectivity index (χ2v) is 6.52. The van der Waals surface area contributed by atoms with E-state index in [1.807, 2.05) is 60.7 Å². The molecule has 0 aliphatic rings. The smallest absolute Gasteiger partial charge is 0.270 e. The first-order chi connectivity index (χ1) is 14.2. The number of carbonyl (C=O) groups is 1. The number of benzene rings is 3. The number of H-pyrrole nitrogens is 1. The molecule has 29 heavy (non-hydrogen) atoms. The first kappa shape index (κ1) is 18.4. The van der Waals surface area contributed by atoms with E-state index in [1.54, 1.807) is 18.2 Å². The number of anilines is 1. The quantitative estimate of drug-likeness (QED) is 0.519. The van der Waals surface area contributed by atoms with Crippen molar-refractivity contribution >= 4 is 22.6 Å². The van der Waals surface area contributed by atoms with E-state index in [0.717, 1.165) is 5.75 Å². The van der Waals surface area contributed by atoms with Gasteiger partial charge in [0.1, 0.15) is 17.2 Å². The lowest BCUT2D eigenvalue weighted by Gasteiger charge is -2.09. The van der Waals surface area contributed by atoms with Crippen LogP contribution in [0.4, 0.5) is 5.69 Å². The highest BCUT2D eigenvalue weighted by Crippen LogP contribution is 2.24. The van der Waals surface area contributed by atoms with Gasteiger partial charge in [0.15, 0.2) is 0 Å². The zero-order valence-corrected chi connectivity index (χ0v) is 15.6. The highest BCUT2D eigenvalue weighted by Gasteiger charge is 2.09. The van der Waals surface area contributed by atoms with E-state index in [1.165, 1.54) is 0 Å². The largest absolute Gasteiger partial charge is 0.457 e. The number of nitrogens with one attached hydrogen (secondary N) is 2. The highest BCUT2D eigenvalue weighted by molar-refractivity contribution is 5.91. The van der Waals surface area contributed by atoms with Crippen molar-refractivity contribution in [3.05, 3.63) is 94.9 Å². The Morgan fingerprint density at radius 3 is 2.55 bits per heavy atom. The topological polar surface area (TPSA) is 84.1 Å². The molecule has 0 saturated carbocycles. The summed E-state index contributed by atoms with van der Waals surface area (Å²) in [7, 11) is 0. The number of fused-ring (bicyclic) bond motifs is 1. The zero-order valence-electron chi connectivity index (χ0n) is 15.6. The number of carbonyl (C=O) groups excluding carboxylic acids is 1. The molecular weight excluding hydrogens is 366 g/mol. The Balaban J connectivity index is 1.39. The molecule has 1 amide bonds. The van der Waals surface area contributed by atoms with Crippen LogP contribution < -0.4 is 15.6 Å². The van der Waals surface area contributed by atoms with Gasteiger partial charge in [0.2, 0.25) is 5.91 Å². The van der Waals surface area contributed by atoms with Crippen LogP contribution in [0.2, 0.25) is 0 Å². The monoisotopic (exact) mass is 385 g/mol. The van der Waals surface area contributed by atoms with Crippen molar-refractivity contribution in [1.29, 1.82) is 0 Å². The van der Waals surface area contributed by atoms with E-state index in [9.17, 15) is 9.59 Å². The summed E-state index contributed by atoms with van der Waals surface area (Å²) >= 11 is 0. The Labute approximate surface area is 167 Å². The van der Waals surface area contributed by atoms with Crippen LogP contribution in [-0.2, 0) is 11.2 Å². The fourth-order valence-corrected chi connectivity index (χ4v) is 2.95. The lowest BCUT2D eigenvalue weighted by molar-refractivity contribution is -0.116. The average molecular weight is 385 g/mol.